The van der Waals surface area contributed by atoms with E-state index in [4.69, 9.17) is 0 Å². The van der Waals surface area contributed by atoms with E-state index in [-0.39, 0.29) is 17.9 Å². The zero-order chi connectivity index (χ0) is 13.8. The molecule has 2 amide bonds. The topological polar surface area (TPSA) is 58.2 Å². The molecular weight excluding hydrogens is 235 g/mol. The largest absolute Gasteiger partial charge is 0.351 e. The summed E-state index contributed by atoms with van der Waals surface area (Å²) in [7, 11) is 0. The smallest absolute Gasteiger partial charge is 0.233 e. The van der Waals surface area contributed by atoms with Crippen molar-refractivity contribution >= 4 is 17.5 Å². The minimum atomic E-state index is -0.470. The summed E-state index contributed by atoms with van der Waals surface area (Å²) in [5.74, 6) is -1.27. The molecule has 0 fully saturated rings. The predicted octanol–water partition coefficient (Wildman–Crippen LogP) is 2.07. The van der Waals surface area contributed by atoms with Crippen LogP contribution in [-0.2, 0) is 9.59 Å². The summed E-state index contributed by atoms with van der Waals surface area (Å²) in [6.07, 6.45) is -0.284. The zero-order valence-electron chi connectivity index (χ0n) is 10.7. The first-order valence-electron chi connectivity index (χ1n) is 5.63. The van der Waals surface area contributed by atoms with Crippen molar-refractivity contribution in [3.63, 3.8) is 0 Å². The number of hydrogen-bond donors (Lipinski definition) is 2. The molecule has 0 saturated carbocycles. The standard InChI is InChI=1S/C13H17FN2O2/c1-13(2,3)16-12(18)8-11(17)15-10-6-4-5-9(14)7-10/h4-7H,8H2,1-3H3,(H,15,17)(H,16,18). The molecule has 0 heterocycles. The Morgan fingerprint density at radius 2 is 1.89 bits per heavy atom. The fourth-order valence-electron chi connectivity index (χ4n) is 1.38. The Balaban J connectivity index is 2.50. The van der Waals surface area contributed by atoms with Gasteiger partial charge in [0, 0.05) is 11.2 Å². The first-order valence-corrected chi connectivity index (χ1v) is 5.63. The third-order valence-corrected chi connectivity index (χ3v) is 1.94. The fraction of sp³-hybridized carbons (Fsp3) is 0.385. The van der Waals surface area contributed by atoms with E-state index in [0.717, 1.165) is 0 Å². The molecule has 0 radical (unpaired) electrons. The van der Waals surface area contributed by atoms with Crippen molar-refractivity contribution in [3.05, 3.63) is 30.1 Å². The van der Waals surface area contributed by atoms with Gasteiger partial charge in [0.15, 0.2) is 0 Å². The average molecular weight is 252 g/mol. The van der Waals surface area contributed by atoms with Crippen molar-refractivity contribution in [2.24, 2.45) is 0 Å². The molecule has 18 heavy (non-hydrogen) atoms. The maximum atomic E-state index is 12.9. The van der Waals surface area contributed by atoms with Gasteiger partial charge in [-0.25, -0.2) is 4.39 Å². The molecule has 0 aromatic heterocycles. The summed E-state index contributed by atoms with van der Waals surface area (Å²) in [6.45, 7) is 5.49. The first kappa shape index (κ1) is 14.2. The second-order valence-electron chi connectivity index (χ2n) is 5.03. The normalized spacial score (nSPS) is 10.9. The lowest BCUT2D eigenvalue weighted by Crippen LogP contribution is -2.41. The molecule has 2 N–H and O–H groups in total. The van der Waals surface area contributed by atoms with Crippen molar-refractivity contribution in [1.29, 1.82) is 0 Å². The van der Waals surface area contributed by atoms with Crippen LogP contribution in [-0.4, -0.2) is 17.4 Å². The minimum Gasteiger partial charge on any atom is -0.351 e. The number of carbonyl (C=O) groups excluding carboxylic acids is 2. The quantitative estimate of drug-likeness (QED) is 0.809. The van der Waals surface area contributed by atoms with Crippen LogP contribution in [0.3, 0.4) is 0 Å². The third kappa shape index (κ3) is 5.43. The molecule has 0 aliphatic carbocycles. The van der Waals surface area contributed by atoms with Crippen molar-refractivity contribution in [2.75, 3.05) is 5.32 Å². The molecule has 0 unspecified atom stereocenters. The molecular formula is C13H17FN2O2. The Bertz CT molecular complexity index is 453. The first-order chi connectivity index (χ1) is 8.26. The minimum absolute atomic E-state index is 0.284. The van der Waals surface area contributed by atoms with Crippen LogP contribution in [0.5, 0.6) is 0 Å². The lowest BCUT2D eigenvalue weighted by atomic mass is 10.1. The number of benzene rings is 1. The molecule has 0 spiro atoms. The monoisotopic (exact) mass is 252 g/mol. The Morgan fingerprint density at radius 3 is 2.44 bits per heavy atom. The number of halogens is 1. The molecule has 1 rings (SSSR count). The Kier molecular flexibility index (Phi) is 4.42. The second-order valence-corrected chi connectivity index (χ2v) is 5.03. The molecule has 5 heteroatoms. The maximum Gasteiger partial charge on any atom is 0.233 e. The summed E-state index contributed by atoms with van der Waals surface area (Å²) >= 11 is 0. The lowest BCUT2D eigenvalue weighted by Gasteiger charge is -2.20. The number of nitrogens with one attached hydrogen (secondary N) is 2. The summed E-state index contributed by atoms with van der Waals surface area (Å²) in [6, 6.07) is 5.52. The van der Waals surface area contributed by atoms with E-state index in [0.29, 0.717) is 5.69 Å². The van der Waals surface area contributed by atoms with Crippen LogP contribution in [0.25, 0.3) is 0 Å². The number of amides is 2. The van der Waals surface area contributed by atoms with Gasteiger partial charge in [-0.05, 0) is 39.0 Å². The summed E-state index contributed by atoms with van der Waals surface area (Å²) < 4.78 is 12.9. The molecule has 0 aliphatic rings. The highest BCUT2D eigenvalue weighted by Crippen LogP contribution is 2.09. The van der Waals surface area contributed by atoms with Gasteiger partial charge in [-0.15, -0.1) is 0 Å². The molecule has 1 aromatic rings. The lowest BCUT2D eigenvalue weighted by molar-refractivity contribution is -0.127. The van der Waals surface area contributed by atoms with E-state index >= 15 is 0 Å². The van der Waals surface area contributed by atoms with Crippen molar-refractivity contribution < 1.29 is 14.0 Å². The van der Waals surface area contributed by atoms with Crippen LogP contribution in [0, 0.1) is 5.82 Å². The van der Waals surface area contributed by atoms with Crippen LogP contribution in [0.4, 0.5) is 10.1 Å². The Labute approximate surface area is 106 Å². The van der Waals surface area contributed by atoms with Crippen molar-refractivity contribution in [2.45, 2.75) is 32.7 Å². The Morgan fingerprint density at radius 1 is 1.22 bits per heavy atom. The van der Waals surface area contributed by atoms with Gasteiger partial charge in [-0.2, -0.15) is 0 Å². The van der Waals surface area contributed by atoms with Gasteiger partial charge in [0.05, 0.1) is 0 Å². The zero-order valence-corrected chi connectivity index (χ0v) is 10.7. The summed E-state index contributed by atoms with van der Waals surface area (Å²) in [5.41, 5.74) is -0.0421. The van der Waals surface area contributed by atoms with Gasteiger partial charge in [0.25, 0.3) is 0 Å². The molecule has 98 valence electrons. The molecule has 0 aliphatic heterocycles. The van der Waals surface area contributed by atoms with Crippen LogP contribution in [0.1, 0.15) is 27.2 Å². The SMILES string of the molecule is CC(C)(C)NC(=O)CC(=O)Nc1cccc(F)c1. The van der Waals surface area contributed by atoms with E-state index in [1.54, 1.807) is 6.07 Å². The third-order valence-electron chi connectivity index (χ3n) is 1.94. The van der Waals surface area contributed by atoms with Crippen LogP contribution >= 0.6 is 0 Å². The predicted molar refractivity (Wildman–Crippen MR) is 67.5 cm³/mol. The number of rotatable bonds is 3. The van der Waals surface area contributed by atoms with Gasteiger partial charge < -0.3 is 10.6 Å². The fourth-order valence-corrected chi connectivity index (χ4v) is 1.38. The van der Waals surface area contributed by atoms with Gasteiger partial charge in [0.2, 0.25) is 11.8 Å². The van der Waals surface area contributed by atoms with E-state index < -0.39 is 11.7 Å². The van der Waals surface area contributed by atoms with E-state index in [1.807, 2.05) is 20.8 Å². The molecule has 0 atom stereocenters. The number of anilines is 1. The molecule has 1 aromatic carbocycles. The number of carbonyl (C=O) groups is 2. The average Bonchev–Trinajstić information content (AvgIpc) is 2.13. The Hall–Kier alpha value is -1.91. The van der Waals surface area contributed by atoms with Crippen LogP contribution < -0.4 is 10.6 Å². The van der Waals surface area contributed by atoms with Crippen LogP contribution in [0.2, 0.25) is 0 Å². The van der Waals surface area contributed by atoms with Gasteiger partial charge >= 0.3 is 0 Å². The second kappa shape index (κ2) is 5.62. The molecule has 0 saturated heterocycles. The summed E-state index contributed by atoms with van der Waals surface area (Å²) in [5, 5.41) is 5.13. The number of hydrogen-bond acceptors (Lipinski definition) is 2. The van der Waals surface area contributed by atoms with Gasteiger partial charge in [-0.1, -0.05) is 6.07 Å². The summed E-state index contributed by atoms with van der Waals surface area (Å²) in [4.78, 5) is 23.0. The van der Waals surface area contributed by atoms with E-state index in [2.05, 4.69) is 10.6 Å². The van der Waals surface area contributed by atoms with E-state index in [9.17, 15) is 14.0 Å². The highest BCUT2D eigenvalue weighted by atomic mass is 19.1. The van der Waals surface area contributed by atoms with Gasteiger partial charge in [0.1, 0.15) is 12.2 Å². The van der Waals surface area contributed by atoms with Crippen LogP contribution in [0.15, 0.2) is 24.3 Å². The highest BCUT2D eigenvalue weighted by Gasteiger charge is 2.16. The molecule has 0 bridgehead atoms. The van der Waals surface area contributed by atoms with Crippen molar-refractivity contribution in [1.82, 2.24) is 5.32 Å². The maximum absolute atomic E-state index is 12.9. The highest BCUT2D eigenvalue weighted by molar-refractivity contribution is 6.03. The van der Waals surface area contributed by atoms with E-state index in [1.165, 1.54) is 18.2 Å². The van der Waals surface area contributed by atoms with Gasteiger partial charge in [-0.3, -0.25) is 9.59 Å². The molecule has 4 nitrogen and oxygen atoms in total. The van der Waals surface area contributed by atoms with Crippen molar-refractivity contribution in [3.8, 4) is 0 Å².